The fourth-order valence-corrected chi connectivity index (χ4v) is 3.06. The standard InChI is InChI=1S/C17H24ClN3/c1-4-21(11-12(2)3)16(10-19)14-7-8-15(18)13-6-5-9-20-17(13)14/h5-9,12,16H,4,10-11,19H2,1-3H3. The van der Waals surface area contributed by atoms with Crippen LogP contribution in [0.15, 0.2) is 30.5 Å². The number of rotatable bonds is 6. The quantitative estimate of drug-likeness (QED) is 0.881. The molecule has 114 valence electrons. The third-order valence-electron chi connectivity index (χ3n) is 3.78. The van der Waals surface area contributed by atoms with Gasteiger partial charge >= 0.3 is 0 Å². The Bertz CT molecular complexity index is 598. The second-order valence-corrected chi connectivity index (χ2v) is 6.18. The number of halogens is 1. The van der Waals surface area contributed by atoms with E-state index in [-0.39, 0.29) is 6.04 Å². The van der Waals surface area contributed by atoms with E-state index < -0.39 is 0 Å². The van der Waals surface area contributed by atoms with Gasteiger partial charge in [-0.1, -0.05) is 38.4 Å². The number of nitrogens with two attached hydrogens (primary N) is 1. The number of hydrogen-bond acceptors (Lipinski definition) is 3. The van der Waals surface area contributed by atoms with Crippen LogP contribution in [0, 0.1) is 5.92 Å². The fraction of sp³-hybridized carbons (Fsp3) is 0.471. The Morgan fingerprint density at radius 2 is 2.05 bits per heavy atom. The van der Waals surface area contributed by atoms with E-state index in [2.05, 4.69) is 36.7 Å². The molecular formula is C17H24ClN3. The van der Waals surface area contributed by atoms with Gasteiger partial charge in [0.25, 0.3) is 0 Å². The second-order valence-electron chi connectivity index (χ2n) is 5.77. The molecule has 0 amide bonds. The minimum atomic E-state index is 0.173. The summed E-state index contributed by atoms with van der Waals surface area (Å²) in [4.78, 5) is 6.96. The van der Waals surface area contributed by atoms with Gasteiger partial charge in [-0.3, -0.25) is 9.88 Å². The monoisotopic (exact) mass is 305 g/mol. The van der Waals surface area contributed by atoms with Crippen LogP contribution in [0.4, 0.5) is 0 Å². The van der Waals surface area contributed by atoms with E-state index in [4.69, 9.17) is 17.3 Å². The normalized spacial score (nSPS) is 13.3. The lowest BCUT2D eigenvalue weighted by Gasteiger charge is -2.32. The largest absolute Gasteiger partial charge is 0.329 e. The topological polar surface area (TPSA) is 42.1 Å². The first-order valence-electron chi connectivity index (χ1n) is 7.55. The molecule has 0 spiro atoms. The number of likely N-dealkylation sites (N-methyl/N-ethyl adjacent to an activating group) is 1. The van der Waals surface area contributed by atoms with Gasteiger partial charge < -0.3 is 5.73 Å². The van der Waals surface area contributed by atoms with Crippen LogP contribution in [0.3, 0.4) is 0 Å². The van der Waals surface area contributed by atoms with Crippen LogP contribution < -0.4 is 5.73 Å². The van der Waals surface area contributed by atoms with Gasteiger partial charge in [-0.15, -0.1) is 0 Å². The van der Waals surface area contributed by atoms with Crippen LogP contribution in [0.5, 0.6) is 0 Å². The Balaban J connectivity index is 2.49. The molecule has 3 nitrogen and oxygen atoms in total. The van der Waals surface area contributed by atoms with Crippen LogP contribution in [0.2, 0.25) is 5.02 Å². The molecule has 0 radical (unpaired) electrons. The van der Waals surface area contributed by atoms with Gasteiger partial charge in [0.1, 0.15) is 0 Å². The average molecular weight is 306 g/mol. The van der Waals surface area contributed by atoms with Crippen LogP contribution in [-0.2, 0) is 0 Å². The Kier molecular flexibility index (Phi) is 5.57. The first-order chi connectivity index (χ1) is 10.1. The molecule has 1 aromatic carbocycles. The molecule has 1 atom stereocenters. The van der Waals surface area contributed by atoms with Crippen molar-refractivity contribution in [2.45, 2.75) is 26.8 Å². The van der Waals surface area contributed by atoms with Crippen LogP contribution in [-0.4, -0.2) is 29.5 Å². The summed E-state index contributed by atoms with van der Waals surface area (Å²) in [7, 11) is 0. The van der Waals surface area contributed by atoms with Crippen LogP contribution in [0.1, 0.15) is 32.4 Å². The third-order valence-corrected chi connectivity index (χ3v) is 4.11. The predicted molar refractivity (Wildman–Crippen MR) is 90.6 cm³/mol. The summed E-state index contributed by atoms with van der Waals surface area (Å²) >= 11 is 6.29. The third kappa shape index (κ3) is 3.54. The van der Waals surface area contributed by atoms with Crippen molar-refractivity contribution in [1.82, 2.24) is 9.88 Å². The molecule has 0 saturated carbocycles. The molecule has 2 rings (SSSR count). The van der Waals surface area contributed by atoms with E-state index in [1.807, 2.05) is 24.4 Å². The second kappa shape index (κ2) is 7.21. The number of hydrogen-bond donors (Lipinski definition) is 1. The minimum absolute atomic E-state index is 0.173. The Morgan fingerprint density at radius 1 is 1.29 bits per heavy atom. The van der Waals surface area contributed by atoms with Crippen molar-refractivity contribution in [2.75, 3.05) is 19.6 Å². The maximum atomic E-state index is 6.29. The summed E-state index contributed by atoms with van der Waals surface area (Å²) in [6, 6.07) is 8.12. The molecule has 2 N–H and O–H groups in total. The van der Waals surface area contributed by atoms with E-state index in [0.717, 1.165) is 29.0 Å². The van der Waals surface area contributed by atoms with E-state index in [1.54, 1.807) is 0 Å². The number of pyridine rings is 1. The van der Waals surface area contributed by atoms with Crippen LogP contribution in [0.25, 0.3) is 10.9 Å². The van der Waals surface area contributed by atoms with Crippen molar-refractivity contribution in [2.24, 2.45) is 11.7 Å². The van der Waals surface area contributed by atoms with Gasteiger partial charge in [0.2, 0.25) is 0 Å². The van der Waals surface area contributed by atoms with Crippen molar-refractivity contribution in [3.8, 4) is 0 Å². The number of nitrogens with zero attached hydrogens (tertiary/aromatic N) is 2. The highest BCUT2D eigenvalue weighted by atomic mass is 35.5. The van der Waals surface area contributed by atoms with Gasteiger partial charge in [-0.25, -0.2) is 0 Å². The van der Waals surface area contributed by atoms with Gasteiger partial charge in [-0.2, -0.15) is 0 Å². The first kappa shape index (κ1) is 16.2. The molecule has 2 aromatic rings. The molecule has 4 heteroatoms. The molecule has 0 aliphatic heterocycles. The summed E-state index contributed by atoms with van der Waals surface area (Å²) < 4.78 is 0. The van der Waals surface area contributed by atoms with Gasteiger partial charge in [0, 0.05) is 35.7 Å². The summed E-state index contributed by atoms with van der Waals surface area (Å²) in [5.41, 5.74) is 8.21. The molecule has 0 saturated heterocycles. The predicted octanol–water partition coefficient (Wildman–Crippen LogP) is 3.87. The number of fused-ring (bicyclic) bond motifs is 1. The average Bonchev–Trinajstić information content (AvgIpc) is 2.49. The molecular weight excluding hydrogens is 282 g/mol. The summed E-state index contributed by atoms with van der Waals surface area (Å²) in [5, 5.41) is 1.74. The number of benzene rings is 1. The summed E-state index contributed by atoms with van der Waals surface area (Å²) in [5.74, 6) is 0.602. The lowest BCUT2D eigenvalue weighted by molar-refractivity contribution is 0.190. The van der Waals surface area contributed by atoms with Gasteiger partial charge in [-0.05, 0) is 36.2 Å². The molecule has 1 unspecified atom stereocenters. The molecule has 0 aliphatic rings. The summed E-state index contributed by atoms with van der Waals surface area (Å²) in [6.45, 7) is 9.21. The molecule has 0 fully saturated rings. The van der Waals surface area contributed by atoms with Crippen molar-refractivity contribution in [3.63, 3.8) is 0 Å². The molecule has 21 heavy (non-hydrogen) atoms. The highest BCUT2D eigenvalue weighted by molar-refractivity contribution is 6.35. The lowest BCUT2D eigenvalue weighted by Crippen LogP contribution is -2.36. The highest BCUT2D eigenvalue weighted by Crippen LogP contribution is 2.31. The zero-order chi connectivity index (χ0) is 15.4. The minimum Gasteiger partial charge on any atom is -0.329 e. The molecule has 0 aliphatic carbocycles. The SMILES string of the molecule is CCN(CC(C)C)C(CN)c1ccc(Cl)c2cccnc12. The van der Waals surface area contributed by atoms with Crippen molar-refractivity contribution < 1.29 is 0 Å². The van der Waals surface area contributed by atoms with Crippen LogP contribution >= 0.6 is 11.6 Å². The Labute approximate surface area is 132 Å². The van der Waals surface area contributed by atoms with E-state index >= 15 is 0 Å². The van der Waals surface area contributed by atoms with Crippen molar-refractivity contribution in [1.29, 1.82) is 0 Å². The maximum Gasteiger partial charge on any atom is 0.0765 e. The zero-order valence-electron chi connectivity index (χ0n) is 13.0. The van der Waals surface area contributed by atoms with Gasteiger partial charge in [0.05, 0.1) is 5.52 Å². The summed E-state index contributed by atoms with van der Waals surface area (Å²) in [6.07, 6.45) is 1.81. The molecule has 0 bridgehead atoms. The van der Waals surface area contributed by atoms with Gasteiger partial charge in [0.15, 0.2) is 0 Å². The van der Waals surface area contributed by atoms with E-state index in [1.165, 1.54) is 5.56 Å². The fourth-order valence-electron chi connectivity index (χ4n) is 2.85. The maximum absolute atomic E-state index is 6.29. The zero-order valence-corrected chi connectivity index (χ0v) is 13.8. The van der Waals surface area contributed by atoms with Crippen molar-refractivity contribution in [3.05, 3.63) is 41.0 Å². The van der Waals surface area contributed by atoms with E-state index in [0.29, 0.717) is 12.5 Å². The Hall–Kier alpha value is -1.16. The number of aromatic nitrogens is 1. The lowest BCUT2D eigenvalue weighted by atomic mass is 10.00. The Morgan fingerprint density at radius 3 is 2.67 bits per heavy atom. The van der Waals surface area contributed by atoms with E-state index in [9.17, 15) is 0 Å². The smallest absolute Gasteiger partial charge is 0.0765 e. The highest BCUT2D eigenvalue weighted by Gasteiger charge is 2.21. The molecule has 1 heterocycles. The molecule has 1 aromatic heterocycles. The van der Waals surface area contributed by atoms with Crippen molar-refractivity contribution >= 4 is 22.5 Å². The first-order valence-corrected chi connectivity index (χ1v) is 7.93.